The Bertz CT molecular complexity index is 835. The lowest BCUT2D eigenvalue weighted by Gasteiger charge is -2.46. The van der Waals surface area contributed by atoms with E-state index >= 15 is 0 Å². The van der Waals surface area contributed by atoms with Crippen molar-refractivity contribution >= 4 is 40.2 Å². The number of halogens is 3. The Hall–Kier alpha value is -2.02. The number of morpholine rings is 1. The highest BCUT2D eigenvalue weighted by Crippen LogP contribution is 2.33. The summed E-state index contributed by atoms with van der Waals surface area (Å²) < 4.78 is 37.7. The number of aromatic nitrogens is 1. The summed E-state index contributed by atoms with van der Waals surface area (Å²) >= 11 is 3.33. The van der Waals surface area contributed by atoms with Crippen molar-refractivity contribution in [3.05, 3.63) is 33.4 Å². The number of ether oxygens (including phenoxy) is 1. The molecule has 12 heteroatoms. The molecule has 2 aliphatic heterocycles. The van der Waals surface area contributed by atoms with E-state index in [1.54, 1.807) is 22.7 Å². The van der Waals surface area contributed by atoms with Gasteiger partial charge in [0.15, 0.2) is 0 Å². The molecule has 2 saturated heterocycles. The molecule has 0 saturated carbocycles. The minimum atomic E-state index is -5.08. The fourth-order valence-corrected chi connectivity index (χ4v) is 4.60. The number of carboxylic acids is 1. The molecular weight excluding hydrogens is 443 g/mol. The number of aliphatic carboxylic acids is 1. The number of nitrogens with zero attached hydrogens (tertiary/aromatic N) is 3. The monoisotopic (exact) mass is 463 g/mol. The largest absolute Gasteiger partial charge is 0.490 e. The van der Waals surface area contributed by atoms with Gasteiger partial charge in [0, 0.05) is 30.0 Å². The number of carboxylic acid groups (broad SMARTS) is 1. The number of thiazole rings is 1. The highest BCUT2D eigenvalue weighted by Gasteiger charge is 2.42. The van der Waals surface area contributed by atoms with Crippen LogP contribution in [0.2, 0.25) is 0 Å². The summed E-state index contributed by atoms with van der Waals surface area (Å²) in [5.41, 5.74) is 0.822. The summed E-state index contributed by atoms with van der Waals surface area (Å²) in [5, 5.41) is 14.4. The topological polar surface area (TPSA) is 83.0 Å². The van der Waals surface area contributed by atoms with Gasteiger partial charge in [0.25, 0.3) is 5.91 Å². The molecule has 2 aromatic heterocycles. The van der Waals surface area contributed by atoms with Crippen LogP contribution in [0.1, 0.15) is 17.8 Å². The number of anilines is 1. The molecule has 4 heterocycles. The van der Waals surface area contributed by atoms with Crippen molar-refractivity contribution in [1.29, 1.82) is 0 Å². The Balaban J connectivity index is 0.000000318. The van der Waals surface area contributed by atoms with Gasteiger partial charge in [-0.1, -0.05) is 0 Å². The standard InChI is InChI=1S/C16H19N3O2S2.C2HF3O2/c20-15-10-21-16(12-19(15)13-1-7-22-11-13)2-5-18(6-3-16)9-14-17-4-8-23-14;3-2(4,5)1(6)7/h1,4,7-8,11H,2-3,5-6,9-10,12H2;(H,6,7). The first kappa shape index (κ1) is 22.7. The third kappa shape index (κ3) is 5.78. The summed E-state index contributed by atoms with van der Waals surface area (Å²) in [5.74, 6) is -2.69. The zero-order chi connectivity index (χ0) is 21.8. The van der Waals surface area contributed by atoms with Gasteiger partial charge in [-0.3, -0.25) is 9.69 Å². The van der Waals surface area contributed by atoms with E-state index in [-0.39, 0.29) is 18.1 Å². The number of carbonyl (C=O) groups excluding carboxylic acids is 1. The third-order valence-electron chi connectivity index (χ3n) is 4.92. The van der Waals surface area contributed by atoms with Crippen molar-refractivity contribution in [2.75, 3.05) is 31.1 Å². The second kappa shape index (κ2) is 9.41. The van der Waals surface area contributed by atoms with Gasteiger partial charge in [-0.15, -0.1) is 11.3 Å². The molecule has 0 atom stereocenters. The highest BCUT2D eigenvalue weighted by atomic mass is 32.1. The van der Waals surface area contributed by atoms with Crippen LogP contribution in [-0.2, 0) is 20.9 Å². The van der Waals surface area contributed by atoms with E-state index < -0.39 is 12.1 Å². The van der Waals surface area contributed by atoms with E-state index in [1.807, 2.05) is 33.3 Å². The number of hydrogen-bond acceptors (Lipinski definition) is 7. The van der Waals surface area contributed by atoms with Gasteiger partial charge < -0.3 is 14.7 Å². The lowest BCUT2D eigenvalue weighted by Crippen LogP contribution is -2.58. The zero-order valence-corrected chi connectivity index (χ0v) is 17.4. The summed E-state index contributed by atoms with van der Waals surface area (Å²) in [6, 6.07) is 2.01. The fraction of sp³-hybridized carbons (Fsp3) is 0.500. The van der Waals surface area contributed by atoms with Crippen molar-refractivity contribution < 1.29 is 32.6 Å². The van der Waals surface area contributed by atoms with Gasteiger partial charge in [0.05, 0.1) is 24.4 Å². The first-order valence-electron chi connectivity index (χ1n) is 9.06. The Labute approximate surface area is 178 Å². The van der Waals surface area contributed by atoms with Crippen molar-refractivity contribution in [3.8, 4) is 0 Å². The summed E-state index contributed by atoms with van der Waals surface area (Å²) in [4.78, 5) is 29.8. The van der Waals surface area contributed by atoms with Crippen molar-refractivity contribution in [2.45, 2.75) is 31.2 Å². The molecule has 2 fully saturated rings. The molecule has 2 aromatic rings. The van der Waals surface area contributed by atoms with Crippen LogP contribution in [-0.4, -0.2) is 64.9 Å². The molecule has 30 heavy (non-hydrogen) atoms. The average Bonchev–Trinajstić information content (AvgIpc) is 3.40. The number of carbonyl (C=O) groups is 2. The van der Waals surface area contributed by atoms with Crippen LogP contribution in [0, 0.1) is 0 Å². The van der Waals surface area contributed by atoms with Gasteiger partial charge in [-0.2, -0.15) is 24.5 Å². The minimum absolute atomic E-state index is 0.0687. The molecule has 7 nitrogen and oxygen atoms in total. The number of amides is 1. The Morgan fingerprint density at radius 3 is 2.53 bits per heavy atom. The molecule has 0 bridgehead atoms. The van der Waals surface area contributed by atoms with Crippen LogP contribution in [0.4, 0.5) is 18.9 Å². The first-order valence-corrected chi connectivity index (χ1v) is 10.9. The molecule has 1 N–H and O–H groups in total. The molecule has 1 spiro atoms. The Morgan fingerprint density at radius 2 is 2.00 bits per heavy atom. The van der Waals surface area contributed by atoms with Gasteiger partial charge in [0.2, 0.25) is 0 Å². The molecule has 1 amide bonds. The van der Waals surface area contributed by atoms with E-state index in [2.05, 4.69) is 9.88 Å². The SMILES string of the molecule is O=C(O)C(F)(F)F.O=C1COC2(CCN(Cc3nccs3)CC2)CN1c1ccsc1. The molecule has 0 aromatic carbocycles. The zero-order valence-electron chi connectivity index (χ0n) is 15.8. The van der Waals surface area contributed by atoms with E-state index in [1.165, 1.54) is 5.01 Å². The summed E-state index contributed by atoms with van der Waals surface area (Å²) in [6.45, 7) is 3.77. The highest BCUT2D eigenvalue weighted by molar-refractivity contribution is 7.09. The normalized spacial score (nSPS) is 19.4. The Kier molecular flexibility index (Phi) is 7.11. The molecule has 2 aliphatic rings. The van der Waals surface area contributed by atoms with Crippen LogP contribution in [0.25, 0.3) is 0 Å². The van der Waals surface area contributed by atoms with E-state index in [0.29, 0.717) is 6.54 Å². The van der Waals surface area contributed by atoms with Gasteiger partial charge in [0.1, 0.15) is 11.6 Å². The predicted octanol–water partition coefficient (Wildman–Crippen LogP) is 3.24. The van der Waals surface area contributed by atoms with Crippen LogP contribution < -0.4 is 4.90 Å². The summed E-state index contributed by atoms with van der Waals surface area (Å²) in [7, 11) is 0. The average molecular weight is 464 g/mol. The quantitative estimate of drug-likeness (QED) is 0.753. The van der Waals surface area contributed by atoms with Crippen molar-refractivity contribution in [3.63, 3.8) is 0 Å². The molecule has 0 radical (unpaired) electrons. The molecule has 4 rings (SSSR count). The van der Waals surface area contributed by atoms with Gasteiger partial charge in [-0.25, -0.2) is 9.78 Å². The maximum absolute atomic E-state index is 12.2. The van der Waals surface area contributed by atoms with Crippen molar-refractivity contribution in [2.24, 2.45) is 0 Å². The lowest BCUT2D eigenvalue weighted by atomic mass is 9.89. The van der Waals surface area contributed by atoms with Crippen LogP contribution in [0.15, 0.2) is 28.4 Å². The first-order chi connectivity index (χ1) is 14.2. The maximum atomic E-state index is 12.2. The van der Waals surface area contributed by atoms with E-state index in [9.17, 15) is 18.0 Å². The number of alkyl halides is 3. The second-order valence-electron chi connectivity index (χ2n) is 6.94. The molecular formula is C18H20F3N3O4S2. The molecule has 164 valence electrons. The smallest absolute Gasteiger partial charge is 0.475 e. The van der Waals surface area contributed by atoms with Crippen molar-refractivity contribution in [1.82, 2.24) is 9.88 Å². The number of thiophene rings is 1. The van der Waals surface area contributed by atoms with E-state index in [4.69, 9.17) is 14.6 Å². The van der Waals surface area contributed by atoms with Crippen LogP contribution in [0.3, 0.4) is 0 Å². The molecule has 0 aliphatic carbocycles. The lowest BCUT2D eigenvalue weighted by molar-refractivity contribution is -0.192. The number of piperidine rings is 1. The van der Waals surface area contributed by atoms with Gasteiger partial charge in [-0.05, 0) is 24.3 Å². The van der Waals surface area contributed by atoms with Gasteiger partial charge >= 0.3 is 12.1 Å². The number of rotatable bonds is 3. The maximum Gasteiger partial charge on any atom is 0.490 e. The number of hydrogen-bond donors (Lipinski definition) is 1. The minimum Gasteiger partial charge on any atom is -0.475 e. The molecule has 0 unspecified atom stereocenters. The van der Waals surface area contributed by atoms with E-state index in [0.717, 1.165) is 38.2 Å². The number of likely N-dealkylation sites (tertiary alicyclic amines) is 1. The fourth-order valence-electron chi connectivity index (χ4n) is 3.30. The third-order valence-corrected chi connectivity index (χ3v) is 6.35. The predicted molar refractivity (Wildman–Crippen MR) is 106 cm³/mol. The van der Waals surface area contributed by atoms with Crippen LogP contribution in [0.5, 0.6) is 0 Å². The second-order valence-corrected chi connectivity index (χ2v) is 8.70. The Morgan fingerprint density at radius 1 is 1.30 bits per heavy atom. The van der Waals surface area contributed by atoms with Crippen LogP contribution >= 0.6 is 22.7 Å². The summed E-state index contributed by atoms with van der Waals surface area (Å²) in [6.07, 6.45) is -1.29.